The summed E-state index contributed by atoms with van der Waals surface area (Å²) in [6, 6.07) is 3.85. The van der Waals surface area contributed by atoms with Crippen LogP contribution in [0.15, 0.2) is 43.0 Å². The summed E-state index contributed by atoms with van der Waals surface area (Å²) in [5.41, 5.74) is 0.560. The van der Waals surface area contributed by atoms with Crippen molar-refractivity contribution < 1.29 is 22.0 Å². The molecule has 12 heteroatoms. The summed E-state index contributed by atoms with van der Waals surface area (Å²) in [6.45, 7) is 3.51. The van der Waals surface area contributed by atoms with E-state index in [0.717, 1.165) is 43.6 Å². The zero-order chi connectivity index (χ0) is 26.2. The van der Waals surface area contributed by atoms with E-state index >= 15 is 4.39 Å². The molecule has 4 aromatic rings. The van der Waals surface area contributed by atoms with Gasteiger partial charge in [-0.25, -0.2) is 22.2 Å². The number of nitrogens with zero attached hydrogens (tertiary/aromatic N) is 3. The summed E-state index contributed by atoms with van der Waals surface area (Å²) < 4.78 is 58.2. The fraction of sp³-hybridized carbons (Fsp3) is 0.320. The maximum absolute atomic E-state index is 15.2. The molecular weight excluding hydrogens is 502 g/mol. The van der Waals surface area contributed by atoms with E-state index in [1.807, 2.05) is 10.9 Å². The third kappa shape index (κ3) is 4.98. The molecule has 0 amide bonds. The first kappa shape index (κ1) is 25.0. The Balaban J connectivity index is 1.49. The zero-order valence-corrected chi connectivity index (χ0v) is 20.9. The van der Waals surface area contributed by atoms with Crippen LogP contribution in [0.5, 0.6) is 0 Å². The number of carbonyl (C=O) groups excluding carboxylic acids is 1. The van der Waals surface area contributed by atoms with Gasteiger partial charge in [0.05, 0.1) is 29.2 Å². The molecule has 37 heavy (non-hydrogen) atoms. The van der Waals surface area contributed by atoms with Gasteiger partial charge in [-0.1, -0.05) is 6.92 Å². The number of hydrogen-bond donors (Lipinski definition) is 3. The first-order valence-electron chi connectivity index (χ1n) is 12.0. The summed E-state index contributed by atoms with van der Waals surface area (Å²) in [5.74, 6) is -3.53. The molecule has 0 atom stereocenters. The Bertz CT molecular complexity index is 1570. The fourth-order valence-electron chi connectivity index (χ4n) is 4.57. The molecule has 0 unspecified atom stereocenters. The van der Waals surface area contributed by atoms with E-state index in [1.54, 1.807) is 25.4 Å². The number of benzene rings is 1. The lowest BCUT2D eigenvalue weighted by Crippen LogP contribution is -2.29. The standard InChI is InChI=1S/C25H26F2N6O3S/c1-2-9-37(35,36)32-21-4-3-20(26)22(23(21)27)24(34)19-13-30-25-18(19)10-15(11-29-25)16-12-31-33(14-16)17-5-7-28-8-6-17/h3-4,10-14,17,28,32H,2,5-9H2,1H3,(H,29,30). The highest BCUT2D eigenvalue weighted by Gasteiger charge is 2.26. The number of piperidine rings is 1. The number of hydrogen-bond acceptors (Lipinski definition) is 6. The molecule has 1 aliphatic heterocycles. The average Bonchev–Trinajstić information content (AvgIpc) is 3.53. The molecule has 0 saturated carbocycles. The zero-order valence-electron chi connectivity index (χ0n) is 20.1. The molecule has 0 aliphatic carbocycles. The van der Waals surface area contributed by atoms with Crippen LogP contribution in [-0.4, -0.2) is 52.8 Å². The molecule has 0 radical (unpaired) electrons. The SMILES string of the molecule is CCCS(=O)(=O)Nc1ccc(F)c(C(=O)c2c[nH]c3ncc(-c4cnn(C5CCNCC5)c4)cc23)c1F. The summed E-state index contributed by atoms with van der Waals surface area (Å²) in [4.78, 5) is 20.6. The van der Waals surface area contributed by atoms with Crippen LogP contribution in [0.25, 0.3) is 22.2 Å². The van der Waals surface area contributed by atoms with Gasteiger partial charge in [0, 0.05) is 40.7 Å². The van der Waals surface area contributed by atoms with Crippen molar-refractivity contribution in [3.8, 4) is 11.1 Å². The maximum Gasteiger partial charge on any atom is 0.232 e. The van der Waals surface area contributed by atoms with Gasteiger partial charge in [-0.05, 0) is 50.6 Å². The Hall–Kier alpha value is -3.64. The average molecular weight is 529 g/mol. The third-order valence-electron chi connectivity index (χ3n) is 6.45. The van der Waals surface area contributed by atoms with E-state index in [9.17, 15) is 17.6 Å². The van der Waals surface area contributed by atoms with E-state index in [-0.39, 0.29) is 11.3 Å². The van der Waals surface area contributed by atoms with Gasteiger partial charge >= 0.3 is 0 Å². The Kier molecular flexibility index (Phi) is 6.78. The van der Waals surface area contributed by atoms with Crippen LogP contribution in [0.2, 0.25) is 0 Å². The predicted molar refractivity (Wildman–Crippen MR) is 136 cm³/mol. The molecule has 0 spiro atoms. The predicted octanol–water partition coefficient (Wildman–Crippen LogP) is 4.01. The van der Waals surface area contributed by atoms with Gasteiger partial charge in [0.1, 0.15) is 11.5 Å². The van der Waals surface area contributed by atoms with Crippen molar-refractivity contribution in [2.45, 2.75) is 32.2 Å². The highest BCUT2D eigenvalue weighted by molar-refractivity contribution is 7.92. The summed E-state index contributed by atoms with van der Waals surface area (Å²) in [6.07, 6.45) is 8.89. The molecule has 5 rings (SSSR count). The van der Waals surface area contributed by atoms with Crippen molar-refractivity contribution >= 4 is 32.5 Å². The number of fused-ring (bicyclic) bond motifs is 1. The van der Waals surface area contributed by atoms with Gasteiger partial charge < -0.3 is 10.3 Å². The molecule has 0 bridgehead atoms. The highest BCUT2D eigenvalue weighted by atomic mass is 32.2. The monoisotopic (exact) mass is 528 g/mol. The van der Waals surface area contributed by atoms with Crippen molar-refractivity contribution in [1.29, 1.82) is 0 Å². The quantitative estimate of drug-likeness (QED) is 0.297. The van der Waals surface area contributed by atoms with E-state index in [1.165, 1.54) is 6.20 Å². The van der Waals surface area contributed by atoms with Crippen LogP contribution >= 0.6 is 0 Å². The van der Waals surface area contributed by atoms with Crippen LogP contribution in [0.3, 0.4) is 0 Å². The number of nitrogens with one attached hydrogen (secondary N) is 3. The number of anilines is 1. The smallest absolute Gasteiger partial charge is 0.232 e. The maximum atomic E-state index is 15.2. The second-order valence-corrected chi connectivity index (χ2v) is 10.9. The number of aromatic nitrogens is 4. The number of halogens is 2. The number of pyridine rings is 1. The number of sulfonamides is 1. The number of aromatic amines is 1. The molecule has 9 nitrogen and oxygen atoms in total. The molecule has 4 heterocycles. The lowest BCUT2D eigenvalue weighted by Gasteiger charge is -2.22. The molecule has 194 valence electrons. The number of carbonyl (C=O) groups is 1. The van der Waals surface area contributed by atoms with Crippen LogP contribution in [0, 0.1) is 11.6 Å². The Labute approximate surface area is 212 Å². The Morgan fingerprint density at radius 3 is 2.73 bits per heavy atom. The van der Waals surface area contributed by atoms with Crippen molar-refractivity contribution in [2.24, 2.45) is 0 Å². The molecular formula is C25H26F2N6O3S. The van der Waals surface area contributed by atoms with Crippen molar-refractivity contribution in [3.05, 3.63) is 65.7 Å². The van der Waals surface area contributed by atoms with Crippen molar-refractivity contribution in [1.82, 2.24) is 25.1 Å². The first-order chi connectivity index (χ1) is 17.8. The lowest BCUT2D eigenvalue weighted by molar-refractivity contribution is 0.103. The van der Waals surface area contributed by atoms with Gasteiger partial charge in [-0.15, -0.1) is 0 Å². The minimum atomic E-state index is -3.84. The van der Waals surface area contributed by atoms with Gasteiger partial charge in [-0.2, -0.15) is 5.10 Å². The fourth-order valence-corrected chi connectivity index (χ4v) is 5.70. The summed E-state index contributed by atoms with van der Waals surface area (Å²) >= 11 is 0. The van der Waals surface area contributed by atoms with Crippen LogP contribution < -0.4 is 10.0 Å². The third-order valence-corrected chi connectivity index (χ3v) is 7.93. The molecule has 3 aromatic heterocycles. The van der Waals surface area contributed by atoms with E-state index in [4.69, 9.17) is 0 Å². The highest BCUT2D eigenvalue weighted by Crippen LogP contribution is 2.30. The normalized spacial score (nSPS) is 14.8. The van der Waals surface area contributed by atoms with E-state index in [0.29, 0.717) is 29.1 Å². The molecule has 1 aliphatic rings. The van der Waals surface area contributed by atoms with Crippen LogP contribution in [0.1, 0.15) is 48.1 Å². The molecule has 1 aromatic carbocycles. The minimum Gasteiger partial charge on any atom is -0.345 e. The molecule has 1 fully saturated rings. The van der Waals surface area contributed by atoms with Crippen molar-refractivity contribution in [2.75, 3.05) is 23.6 Å². The van der Waals surface area contributed by atoms with Gasteiger partial charge in [-0.3, -0.25) is 14.2 Å². The second-order valence-electron chi connectivity index (χ2n) is 9.05. The molecule has 3 N–H and O–H groups in total. The summed E-state index contributed by atoms with van der Waals surface area (Å²) in [5, 5.41) is 8.20. The summed E-state index contributed by atoms with van der Waals surface area (Å²) in [7, 11) is -3.84. The number of H-pyrrole nitrogens is 1. The minimum absolute atomic E-state index is 0.0152. The number of rotatable bonds is 8. The second kappa shape index (κ2) is 10.0. The van der Waals surface area contributed by atoms with Crippen LogP contribution in [0.4, 0.5) is 14.5 Å². The van der Waals surface area contributed by atoms with Gasteiger partial charge in [0.15, 0.2) is 5.82 Å². The number of ketones is 1. The van der Waals surface area contributed by atoms with E-state index in [2.05, 4.69) is 25.1 Å². The van der Waals surface area contributed by atoms with Crippen molar-refractivity contribution in [3.63, 3.8) is 0 Å². The van der Waals surface area contributed by atoms with E-state index < -0.39 is 38.7 Å². The topological polar surface area (TPSA) is 122 Å². The van der Waals surface area contributed by atoms with Gasteiger partial charge in [0.2, 0.25) is 15.8 Å². The lowest BCUT2D eigenvalue weighted by atomic mass is 10.0. The Morgan fingerprint density at radius 2 is 1.97 bits per heavy atom. The first-order valence-corrected chi connectivity index (χ1v) is 13.7. The largest absolute Gasteiger partial charge is 0.345 e. The van der Waals surface area contributed by atoms with Crippen LogP contribution in [-0.2, 0) is 10.0 Å². The Morgan fingerprint density at radius 1 is 1.19 bits per heavy atom. The molecule has 1 saturated heterocycles. The van der Waals surface area contributed by atoms with Gasteiger partial charge in [0.25, 0.3) is 0 Å².